The van der Waals surface area contributed by atoms with Crippen LogP contribution in [0.1, 0.15) is 22.8 Å². The highest BCUT2D eigenvalue weighted by Crippen LogP contribution is 2.32. The number of benzene rings is 1. The van der Waals surface area contributed by atoms with Crippen molar-refractivity contribution >= 4 is 5.91 Å². The van der Waals surface area contributed by atoms with E-state index in [4.69, 9.17) is 0 Å². The fourth-order valence-corrected chi connectivity index (χ4v) is 2.21. The number of nitrogens with one attached hydrogen (secondary N) is 1. The molecule has 1 heterocycles. The maximum Gasteiger partial charge on any atom is 0.417 e. The molecule has 1 unspecified atom stereocenters. The van der Waals surface area contributed by atoms with Crippen molar-refractivity contribution in [1.82, 2.24) is 10.2 Å². The van der Waals surface area contributed by atoms with Crippen LogP contribution in [0.5, 0.6) is 0 Å². The van der Waals surface area contributed by atoms with Gasteiger partial charge in [-0.15, -0.1) is 0 Å². The number of halogens is 3. The molecule has 2 rings (SSSR count). The smallest absolute Gasteiger partial charge is 0.333 e. The van der Waals surface area contributed by atoms with Crippen LogP contribution in [0, 0.1) is 0 Å². The number of alkyl halides is 3. The van der Waals surface area contributed by atoms with Gasteiger partial charge in [0, 0.05) is 25.7 Å². The second-order valence-corrected chi connectivity index (χ2v) is 4.60. The number of hydrogen-bond donors (Lipinski definition) is 1. The first-order chi connectivity index (χ1) is 8.91. The molecule has 0 aromatic heterocycles. The molecule has 0 spiro atoms. The van der Waals surface area contributed by atoms with E-state index in [9.17, 15) is 18.0 Å². The van der Waals surface area contributed by atoms with Crippen LogP contribution in [0.2, 0.25) is 0 Å². The van der Waals surface area contributed by atoms with Gasteiger partial charge in [0.05, 0.1) is 11.1 Å². The Morgan fingerprint density at radius 3 is 2.68 bits per heavy atom. The largest absolute Gasteiger partial charge is 0.417 e. The van der Waals surface area contributed by atoms with Gasteiger partial charge < -0.3 is 10.2 Å². The normalized spacial score (nSPS) is 20.4. The van der Waals surface area contributed by atoms with Crippen LogP contribution in [0.15, 0.2) is 24.3 Å². The fourth-order valence-electron chi connectivity index (χ4n) is 2.21. The second-order valence-electron chi connectivity index (χ2n) is 4.60. The van der Waals surface area contributed by atoms with Gasteiger partial charge in [-0.1, -0.05) is 12.1 Å². The third kappa shape index (κ3) is 2.89. The highest BCUT2D eigenvalue weighted by atomic mass is 19.4. The van der Waals surface area contributed by atoms with Gasteiger partial charge in [-0.05, 0) is 19.1 Å². The Bertz CT molecular complexity index is 473. The Balaban J connectivity index is 2.33. The summed E-state index contributed by atoms with van der Waals surface area (Å²) in [5, 5.41) is 3.10. The van der Waals surface area contributed by atoms with Gasteiger partial charge in [-0.2, -0.15) is 13.2 Å². The molecule has 1 N–H and O–H groups in total. The third-order valence-electron chi connectivity index (χ3n) is 3.23. The number of hydrogen-bond acceptors (Lipinski definition) is 2. The zero-order chi connectivity index (χ0) is 14.0. The first-order valence-corrected chi connectivity index (χ1v) is 6.09. The summed E-state index contributed by atoms with van der Waals surface area (Å²) in [6, 6.07) is 4.82. The Morgan fingerprint density at radius 2 is 2.05 bits per heavy atom. The fraction of sp³-hybridized carbons (Fsp3) is 0.462. The molecule has 1 fully saturated rings. The monoisotopic (exact) mass is 272 g/mol. The first kappa shape index (κ1) is 13.9. The summed E-state index contributed by atoms with van der Waals surface area (Å²) in [5.74, 6) is -0.554. The van der Waals surface area contributed by atoms with Crippen molar-refractivity contribution in [3.63, 3.8) is 0 Å². The van der Waals surface area contributed by atoms with Crippen LogP contribution in [-0.4, -0.2) is 36.5 Å². The minimum absolute atomic E-state index is 0.109. The van der Waals surface area contributed by atoms with Gasteiger partial charge >= 0.3 is 6.18 Å². The zero-order valence-corrected chi connectivity index (χ0v) is 10.5. The molecule has 0 aliphatic carbocycles. The SMILES string of the molecule is CC1CNCCN1C(=O)c1ccccc1C(F)(F)F. The summed E-state index contributed by atoms with van der Waals surface area (Å²) >= 11 is 0. The van der Waals surface area contributed by atoms with Crippen molar-refractivity contribution in [1.29, 1.82) is 0 Å². The van der Waals surface area contributed by atoms with Crippen LogP contribution in [0.25, 0.3) is 0 Å². The van der Waals surface area contributed by atoms with Crippen LogP contribution in [-0.2, 0) is 6.18 Å². The summed E-state index contributed by atoms with van der Waals surface area (Å²) < 4.78 is 38.7. The molecule has 0 saturated carbocycles. The summed E-state index contributed by atoms with van der Waals surface area (Å²) in [6.45, 7) is 3.44. The number of carbonyl (C=O) groups is 1. The molecular weight excluding hydrogens is 257 g/mol. The summed E-state index contributed by atoms with van der Waals surface area (Å²) in [6.07, 6.45) is -4.51. The quantitative estimate of drug-likeness (QED) is 0.849. The lowest BCUT2D eigenvalue weighted by Crippen LogP contribution is -2.52. The standard InChI is InChI=1S/C13H15F3N2O/c1-9-8-17-6-7-18(9)12(19)10-4-2-3-5-11(10)13(14,15)16/h2-5,9,17H,6-8H2,1H3. The molecule has 1 aromatic carbocycles. The molecular formula is C13H15F3N2O. The van der Waals surface area contributed by atoms with Crippen molar-refractivity contribution in [2.75, 3.05) is 19.6 Å². The highest BCUT2D eigenvalue weighted by Gasteiger charge is 2.36. The van der Waals surface area contributed by atoms with Crippen LogP contribution in [0.4, 0.5) is 13.2 Å². The molecule has 6 heteroatoms. The van der Waals surface area contributed by atoms with Gasteiger partial charge in [0.25, 0.3) is 5.91 Å². The minimum Gasteiger partial charge on any atom is -0.333 e. The van der Waals surface area contributed by atoms with E-state index >= 15 is 0 Å². The van der Waals surface area contributed by atoms with Crippen molar-refractivity contribution in [3.8, 4) is 0 Å². The molecule has 0 bridgehead atoms. The molecule has 1 aliphatic rings. The number of rotatable bonds is 1. The topological polar surface area (TPSA) is 32.3 Å². The van der Waals surface area contributed by atoms with Gasteiger partial charge in [-0.25, -0.2) is 0 Å². The van der Waals surface area contributed by atoms with Crippen molar-refractivity contribution in [2.45, 2.75) is 19.1 Å². The van der Waals surface area contributed by atoms with Gasteiger partial charge in [0.15, 0.2) is 0 Å². The maximum atomic E-state index is 12.9. The molecule has 1 saturated heterocycles. The zero-order valence-electron chi connectivity index (χ0n) is 10.5. The third-order valence-corrected chi connectivity index (χ3v) is 3.23. The van der Waals surface area contributed by atoms with Crippen molar-refractivity contribution < 1.29 is 18.0 Å². The van der Waals surface area contributed by atoms with E-state index in [2.05, 4.69) is 5.32 Å². The van der Waals surface area contributed by atoms with Crippen molar-refractivity contribution in [2.24, 2.45) is 0 Å². The van der Waals surface area contributed by atoms with E-state index < -0.39 is 17.6 Å². The molecule has 104 valence electrons. The van der Waals surface area contributed by atoms with E-state index in [1.54, 1.807) is 0 Å². The molecule has 1 amide bonds. The number of nitrogens with zero attached hydrogens (tertiary/aromatic N) is 1. The lowest BCUT2D eigenvalue weighted by Gasteiger charge is -2.34. The molecule has 1 aromatic rings. The summed E-state index contributed by atoms with van der Waals surface area (Å²) in [7, 11) is 0. The molecule has 19 heavy (non-hydrogen) atoms. The van der Waals surface area contributed by atoms with E-state index in [1.807, 2.05) is 6.92 Å². The second kappa shape index (κ2) is 5.21. The predicted molar refractivity (Wildman–Crippen MR) is 64.8 cm³/mol. The number of amides is 1. The average molecular weight is 272 g/mol. The Hall–Kier alpha value is -1.56. The molecule has 1 aliphatic heterocycles. The van der Waals surface area contributed by atoms with Gasteiger partial charge in [0.2, 0.25) is 0 Å². The number of carbonyl (C=O) groups excluding carboxylic acids is 1. The Kier molecular flexibility index (Phi) is 3.80. The summed E-state index contributed by atoms with van der Waals surface area (Å²) in [4.78, 5) is 13.8. The summed E-state index contributed by atoms with van der Waals surface area (Å²) in [5.41, 5.74) is -1.14. The van der Waals surface area contributed by atoms with Gasteiger partial charge in [-0.3, -0.25) is 4.79 Å². The lowest BCUT2D eigenvalue weighted by molar-refractivity contribution is -0.138. The Labute approximate surface area is 109 Å². The van der Waals surface area contributed by atoms with Gasteiger partial charge in [0.1, 0.15) is 0 Å². The number of piperazine rings is 1. The molecule has 3 nitrogen and oxygen atoms in total. The van der Waals surface area contributed by atoms with Crippen LogP contribution < -0.4 is 5.32 Å². The van der Waals surface area contributed by atoms with E-state index in [-0.39, 0.29) is 11.6 Å². The predicted octanol–water partition coefficient (Wildman–Crippen LogP) is 2.14. The minimum atomic E-state index is -4.51. The maximum absolute atomic E-state index is 12.9. The van der Waals surface area contributed by atoms with E-state index in [0.717, 1.165) is 6.07 Å². The Morgan fingerprint density at radius 1 is 1.37 bits per heavy atom. The van der Waals surface area contributed by atoms with E-state index in [0.29, 0.717) is 19.6 Å². The average Bonchev–Trinajstić information content (AvgIpc) is 2.37. The highest BCUT2D eigenvalue weighted by molar-refractivity contribution is 5.96. The molecule has 1 atom stereocenters. The van der Waals surface area contributed by atoms with Crippen LogP contribution in [0.3, 0.4) is 0 Å². The molecule has 0 radical (unpaired) electrons. The van der Waals surface area contributed by atoms with E-state index in [1.165, 1.54) is 23.1 Å². The first-order valence-electron chi connectivity index (χ1n) is 6.09. The van der Waals surface area contributed by atoms with Crippen LogP contribution >= 0.6 is 0 Å². The lowest BCUT2D eigenvalue weighted by atomic mass is 10.0. The van der Waals surface area contributed by atoms with Crippen molar-refractivity contribution in [3.05, 3.63) is 35.4 Å².